The highest BCUT2D eigenvalue weighted by atomic mass is 16.5. The topological polar surface area (TPSA) is 37.4 Å². The number of aryl methyl sites for hydroxylation is 2. The zero-order valence-corrected chi connectivity index (χ0v) is 13.5. The molecule has 0 aliphatic heterocycles. The maximum Gasteiger partial charge on any atom is 0.133 e. The van der Waals surface area contributed by atoms with Crippen molar-refractivity contribution < 1.29 is 4.74 Å². The van der Waals surface area contributed by atoms with Crippen LogP contribution in [0.25, 0.3) is 0 Å². The first kappa shape index (κ1) is 16.0. The molecule has 116 valence electrons. The van der Waals surface area contributed by atoms with Crippen molar-refractivity contribution in [2.75, 3.05) is 31.7 Å². The lowest BCUT2D eigenvalue weighted by atomic mass is 10.1. The van der Waals surface area contributed by atoms with E-state index in [1.54, 1.807) is 7.11 Å². The van der Waals surface area contributed by atoms with Gasteiger partial charge in [-0.1, -0.05) is 6.08 Å². The minimum Gasteiger partial charge on any atom is -0.383 e. The van der Waals surface area contributed by atoms with Crippen molar-refractivity contribution in [3.63, 3.8) is 0 Å². The van der Waals surface area contributed by atoms with E-state index >= 15 is 0 Å². The van der Waals surface area contributed by atoms with Crippen LogP contribution >= 0.6 is 0 Å². The van der Waals surface area contributed by atoms with E-state index in [1.807, 2.05) is 6.08 Å². The van der Waals surface area contributed by atoms with E-state index < -0.39 is 0 Å². The molecule has 0 radical (unpaired) electrons. The van der Waals surface area contributed by atoms with Gasteiger partial charge in [0, 0.05) is 44.0 Å². The van der Waals surface area contributed by atoms with Gasteiger partial charge in [-0.25, -0.2) is 4.98 Å². The lowest BCUT2D eigenvalue weighted by Gasteiger charge is -2.26. The normalized spacial score (nSPS) is 14.2. The van der Waals surface area contributed by atoms with Crippen LogP contribution in [0.5, 0.6) is 0 Å². The standard InChI is InChI=1S/C17H27N3O/c1-5-8-20(9-10-21-4)17-16(12-18-15-6-7-15)13(2)11-14(3)19-17/h5,11,15,18H,1,6-10,12H2,2-4H3. The van der Waals surface area contributed by atoms with Gasteiger partial charge in [0.15, 0.2) is 0 Å². The summed E-state index contributed by atoms with van der Waals surface area (Å²) in [7, 11) is 1.73. The van der Waals surface area contributed by atoms with Crippen LogP contribution in [0.3, 0.4) is 0 Å². The molecule has 0 bridgehead atoms. The number of aromatic nitrogens is 1. The molecule has 1 aliphatic carbocycles. The molecule has 1 aromatic rings. The van der Waals surface area contributed by atoms with Crippen LogP contribution in [0.1, 0.15) is 29.7 Å². The lowest BCUT2D eigenvalue weighted by Crippen LogP contribution is -2.31. The molecule has 0 unspecified atom stereocenters. The van der Waals surface area contributed by atoms with Gasteiger partial charge in [0.05, 0.1) is 6.61 Å². The Hall–Kier alpha value is -1.39. The zero-order chi connectivity index (χ0) is 15.2. The first-order chi connectivity index (χ1) is 10.2. The van der Waals surface area contributed by atoms with Crippen molar-refractivity contribution in [2.24, 2.45) is 0 Å². The molecule has 4 nitrogen and oxygen atoms in total. The number of hydrogen-bond donors (Lipinski definition) is 1. The van der Waals surface area contributed by atoms with Crippen LogP contribution in [-0.4, -0.2) is 37.8 Å². The van der Waals surface area contributed by atoms with E-state index in [0.717, 1.165) is 31.1 Å². The SMILES string of the molecule is C=CCN(CCOC)c1nc(C)cc(C)c1CNC1CC1. The summed E-state index contributed by atoms with van der Waals surface area (Å²) in [5.74, 6) is 1.07. The van der Waals surface area contributed by atoms with Crippen molar-refractivity contribution in [3.8, 4) is 0 Å². The van der Waals surface area contributed by atoms with Gasteiger partial charge in [-0.15, -0.1) is 6.58 Å². The van der Waals surface area contributed by atoms with Crippen molar-refractivity contribution >= 4 is 5.82 Å². The highest BCUT2D eigenvalue weighted by Gasteiger charge is 2.22. The summed E-state index contributed by atoms with van der Waals surface area (Å²) < 4.78 is 5.23. The lowest BCUT2D eigenvalue weighted by molar-refractivity contribution is 0.205. The van der Waals surface area contributed by atoms with E-state index in [4.69, 9.17) is 9.72 Å². The third kappa shape index (κ3) is 4.55. The molecular weight excluding hydrogens is 262 g/mol. The predicted octanol–water partition coefficient (Wildman–Crippen LogP) is 2.59. The number of rotatable bonds is 9. The van der Waals surface area contributed by atoms with E-state index in [2.05, 4.69) is 36.7 Å². The monoisotopic (exact) mass is 289 g/mol. The van der Waals surface area contributed by atoms with E-state index in [9.17, 15) is 0 Å². The average molecular weight is 289 g/mol. The Morgan fingerprint density at radius 2 is 2.24 bits per heavy atom. The minimum atomic E-state index is 0.692. The van der Waals surface area contributed by atoms with Gasteiger partial charge in [0.2, 0.25) is 0 Å². The van der Waals surface area contributed by atoms with Gasteiger partial charge < -0.3 is 15.0 Å². The Balaban J connectivity index is 2.24. The second-order valence-electron chi connectivity index (χ2n) is 5.77. The molecule has 1 fully saturated rings. The maximum absolute atomic E-state index is 5.23. The molecule has 0 atom stereocenters. The zero-order valence-electron chi connectivity index (χ0n) is 13.5. The fraction of sp³-hybridized carbons (Fsp3) is 0.588. The average Bonchev–Trinajstić information content (AvgIpc) is 3.26. The molecule has 0 aromatic carbocycles. The number of nitrogens with zero attached hydrogens (tertiary/aromatic N) is 2. The Morgan fingerprint density at radius 3 is 2.86 bits per heavy atom. The van der Waals surface area contributed by atoms with Crippen molar-refractivity contribution in [2.45, 2.75) is 39.3 Å². The molecule has 0 spiro atoms. The van der Waals surface area contributed by atoms with Gasteiger partial charge in [-0.05, 0) is 38.3 Å². The fourth-order valence-corrected chi connectivity index (χ4v) is 2.50. The van der Waals surface area contributed by atoms with Crippen molar-refractivity contribution in [1.29, 1.82) is 0 Å². The van der Waals surface area contributed by atoms with Crippen LogP contribution in [0.4, 0.5) is 5.82 Å². The summed E-state index contributed by atoms with van der Waals surface area (Å²) in [5.41, 5.74) is 3.66. The summed E-state index contributed by atoms with van der Waals surface area (Å²) in [6.45, 7) is 11.3. The highest BCUT2D eigenvalue weighted by Crippen LogP contribution is 2.25. The van der Waals surface area contributed by atoms with Crippen LogP contribution in [0, 0.1) is 13.8 Å². The highest BCUT2D eigenvalue weighted by molar-refractivity contribution is 5.52. The maximum atomic E-state index is 5.23. The number of nitrogens with one attached hydrogen (secondary N) is 1. The summed E-state index contributed by atoms with van der Waals surface area (Å²) in [6, 6.07) is 2.86. The molecule has 1 aliphatic rings. The van der Waals surface area contributed by atoms with Gasteiger partial charge >= 0.3 is 0 Å². The van der Waals surface area contributed by atoms with Crippen LogP contribution in [0.15, 0.2) is 18.7 Å². The molecular formula is C17H27N3O. The van der Waals surface area contributed by atoms with Crippen LogP contribution < -0.4 is 10.2 Å². The molecule has 2 rings (SSSR count). The Morgan fingerprint density at radius 1 is 1.48 bits per heavy atom. The summed E-state index contributed by atoms with van der Waals surface area (Å²) >= 11 is 0. The number of methoxy groups -OCH3 is 1. The molecule has 1 saturated carbocycles. The minimum absolute atomic E-state index is 0.692. The third-order valence-electron chi connectivity index (χ3n) is 3.81. The van der Waals surface area contributed by atoms with Crippen molar-refractivity contribution in [1.82, 2.24) is 10.3 Å². The Bertz CT molecular complexity index is 483. The second kappa shape index (κ2) is 7.57. The predicted molar refractivity (Wildman–Crippen MR) is 87.9 cm³/mol. The second-order valence-corrected chi connectivity index (χ2v) is 5.77. The van der Waals surface area contributed by atoms with E-state index in [0.29, 0.717) is 12.6 Å². The molecule has 0 saturated heterocycles. The van der Waals surface area contributed by atoms with Gasteiger partial charge in [-0.2, -0.15) is 0 Å². The van der Waals surface area contributed by atoms with Crippen LogP contribution in [0.2, 0.25) is 0 Å². The summed E-state index contributed by atoms with van der Waals surface area (Å²) in [4.78, 5) is 7.04. The number of ether oxygens (including phenoxy) is 1. The smallest absolute Gasteiger partial charge is 0.133 e. The molecule has 1 aromatic heterocycles. The third-order valence-corrected chi connectivity index (χ3v) is 3.81. The molecule has 1 heterocycles. The molecule has 0 amide bonds. The number of pyridine rings is 1. The van der Waals surface area contributed by atoms with E-state index in [-0.39, 0.29) is 0 Å². The first-order valence-electron chi connectivity index (χ1n) is 7.71. The fourth-order valence-electron chi connectivity index (χ4n) is 2.50. The quantitative estimate of drug-likeness (QED) is 0.709. The molecule has 4 heteroatoms. The number of anilines is 1. The van der Waals surface area contributed by atoms with Crippen molar-refractivity contribution in [3.05, 3.63) is 35.5 Å². The largest absolute Gasteiger partial charge is 0.383 e. The number of hydrogen-bond acceptors (Lipinski definition) is 4. The molecule has 1 N–H and O–H groups in total. The van der Waals surface area contributed by atoms with E-state index in [1.165, 1.54) is 24.0 Å². The summed E-state index contributed by atoms with van der Waals surface area (Å²) in [6.07, 6.45) is 4.52. The Kier molecular flexibility index (Phi) is 5.76. The van der Waals surface area contributed by atoms with Gasteiger partial charge in [0.1, 0.15) is 5.82 Å². The van der Waals surface area contributed by atoms with Gasteiger partial charge in [-0.3, -0.25) is 0 Å². The van der Waals surface area contributed by atoms with Gasteiger partial charge in [0.25, 0.3) is 0 Å². The molecule has 21 heavy (non-hydrogen) atoms. The first-order valence-corrected chi connectivity index (χ1v) is 7.71. The Labute approximate surface area is 128 Å². The van der Waals surface area contributed by atoms with Crippen LogP contribution in [-0.2, 0) is 11.3 Å². The summed E-state index contributed by atoms with van der Waals surface area (Å²) in [5, 5.41) is 3.60.